The molecular weight excluding hydrogens is 437 g/mol. The number of ether oxygens (including phenoxy) is 1. The van der Waals surface area contributed by atoms with Crippen LogP contribution >= 0.6 is 0 Å². The minimum atomic E-state index is -0.559. The molecule has 2 aromatic rings. The first-order valence-corrected chi connectivity index (χ1v) is 10.1. The molecule has 0 unspecified atom stereocenters. The number of allylic oxidation sites excluding steroid dienone is 2. The molecule has 0 atom stereocenters. The Morgan fingerprint density at radius 1 is 1.16 bits per heavy atom. The fourth-order valence-electron chi connectivity index (χ4n) is 4.66. The molecule has 4 rings (SSSR count). The summed E-state index contributed by atoms with van der Waals surface area (Å²) < 4.78 is 4.52. The van der Waals surface area contributed by atoms with Crippen LogP contribution in [0.15, 0.2) is 70.5 Å². The smallest absolute Gasteiger partial charge is 0.314 e. The maximum absolute atomic E-state index is 11.2. The molecule has 1 N–H and O–H groups in total. The number of hydrogen-bond donors (Lipinski definition) is 1. The number of aliphatic hydroxyl groups excluding tert-OH is 1. The van der Waals surface area contributed by atoms with Gasteiger partial charge in [0.25, 0.3) is 0 Å². The third kappa shape index (κ3) is 4.15. The van der Waals surface area contributed by atoms with Crippen LogP contribution in [0.2, 0.25) is 0 Å². The van der Waals surface area contributed by atoms with E-state index in [2.05, 4.69) is 75.3 Å². The fraction of sp³-hybridized carbons (Fsp3) is 0.292. The van der Waals surface area contributed by atoms with Crippen LogP contribution in [0.4, 0.5) is 5.69 Å². The molecule has 163 valence electrons. The summed E-state index contributed by atoms with van der Waals surface area (Å²) in [7, 11) is 1.26. The first-order chi connectivity index (χ1) is 14.6. The number of rotatable bonds is 5. The standard InChI is InChI=1S/C24H25N3O3.Co/c1-3-27-20-11-7-6-10-19(20)24(15-17-8-4-5-9-18(17)16-24)21(27)12-13-25-26-22(28)14-23(29)30-2;/h4-13H,3,14-16H2,1-2H3,(H,26,28);/b21-12-,25-13+;. The second-order valence-corrected chi connectivity index (χ2v) is 7.55. The van der Waals surface area contributed by atoms with Gasteiger partial charge in [-0.1, -0.05) is 42.5 Å². The van der Waals surface area contributed by atoms with Gasteiger partial charge in [0, 0.05) is 40.1 Å². The van der Waals surface area contributed by atoms with Gasteiger partial charge in [-0.2, -0.15) is 5.10 Å². The van der Waals surface area contributed by atoms with Crippen LogP contribution in [0.3, 0.4) is 0 Å². The molecule has 2 aliphatic rings. The van der Waals surface area contributed by atoms with E-state index in [4.69, 9.17) is 0 Å². The number of anilines is 1. The number of para-hydroxylation sites is 1. The van der Waals surface area contributed by atoms with Crippen molar-refractivity contribution in [3.05, 3.63) is 77.0 Å². The molecule has 0 bridgehead atoms. The predicted octanol–water partition coefficient (Wildman–Crippen LogP) is 3.95. The maximum Gasteiger partial charge on any atom is 0.314 e. The van der Waals surface area contributed by atoms with Crippen molar-refractivity contribution in [3.8, 4) is 0 Å². The molecule has 2 aromatic carbocycles. The van der Waals surface area contributed by atoms with Gasteiger partial charge in [-0.05, 0) is 48.6 Å². The van der Waals surface area contributed by atoms with Crippen molar-refractivity contribution in [1.29, 1.82) is 0 Å². The Bertz CT molecular complexity index is 1040. The summed E-state index contributed by atoms with van der Waals surface area (Å²) >= 11 is 0. The molecule has 31 heavy (non-hydrogen) atoms. The monoisotopic (exact) mass is 462 g/mol. The summed E-state index contributed by atoms with van der Waals surface area (Å²) in [4.78, 5) is 13.5. The minimum Gasteiger partial charge on any atom is -0.495 e. The molecular formula is C24H25CoN3O3. The molecule has 0 fully saturated rings. The Morgan fingerprint density at radius 3 is 2.45 bits per heavy atom. The number of carbonyl (C=O) groups excluding carboxylic acids is 1. The molecule has 1 aliphatic carbocycles. The molecule has 7 heteroatoms. The van der Waals surface area contributed by atoms with E-state index < -0.39 is 5.97 Å². The van der Waals surface area contributed by atoms with Crippen LogP contribution in [0.1, 0.15) is 30.0 Å². The van der Waals surface area contributed by atoms with Crippen LogP contribution in [-0.4, -0.2) is 36.8 Å². The topological polar surface area (TPSA) is 74.5 Å². The number of methoxy groups -OCH3 is 1. The minimum absolute atomic E-state index is 0. The summed E-state index contributed by atoms with van der Waals surface area (Å²) in [5.41, 5.74) is 6.35. The average Bonchev–Trinajstić information content (AvgIpc) is 3.27. The van der Waals surface area contributed by atoms with Crippen molar-refractivity contribution >= 4 is 23.8 Å². The van der Waals surface area contributed by atoms with Crippen LogP contribution in [-0.2, 0) is 44.6 Å². The number of nitrogens with zero attached hydrogens (tertiary/aromatic N) is 3. The van der Waals surface area contributed by atoms with E-state index in [1.165, 1.54) is 35.2 Å². The molecule has 1 aliphatic heterocycles. The normalized spacial score (nSPS) is 17.7. The van der Waals surface area contributed by atoms with Crippen LogP contribution in [0, 0.1) is 0 Å². The van der Waals surface area contributed by atoms with Crippen molar-refractivity contribution in [3.63, 3.8) is 0 Å². The van der Waals surface area contributed by atoms with Crippen molar-refractivity contribution in [2.75, 3.05) is 18.6 Å². The maximum atomic E-state index is 11.2. The summed E-state index contributed by atoms with van der Waals surface area (Å²) in [6.45, 7) is 2.98. The Balaban J connectivity index is 0.00000272. The summed E-state index contributed by atoms with van der Waals surface area (Å²) in [6.07, 6.45) is 5.14. The molecule has 1 radical (unpaired) electrons. The van der Waals surface area contributed by atoms with Crippen molar-refractivity contribution in [2.24, 2.45) is 10.2 Å². The quantitative estimate of drug-likeness (QED) is 0.316. The van der Waals surface area contributed by atoms with E-state index in [0.717, 1.165) is 19.4 Å². The number of esters is 1. The number of likely N-dealkylation sites (N-methyl/N-ethyl adjacent to an activating group) is 1. The molecule has 0 aromatic heterocycles. The largest absolute Gasteiger partial charge is 0.495 e. The van der Waals surface area contributed by atoms with Gasteiger partial charge in [0.2, 0.25) is 5.90 Å². The third-order valence-corrected chi connectivity index (χ3v) is 5.91. The van der Waals surface area contributed by atoms with Crippen molar-refractivity contribution < 1.29 is 31.4 Å². The van der Waals surface area contributed by atoms with Gasteiger partial charge >= 0.3 is 5.97 Å². The van der Waals surface area contributed by atoms with E-state index in [-0.39, 0.29) is 34.5 Å². The molecule has 1 heterocycles. The van der Waals surface area contributed by atoms with Crippen LogP contribution < -0.4 is 4.90 Å². The van der Waals surface area contributed by atoms with Gasteiger partial charge in [-0.15, -0.1) is 5.10 Å². The van der Waals surface area contributed by atoms with Gasteiger partial charge in [-0.3, -0.25) is 4.79 Å². The summed E-state index contributed by atoms with van der Waals surface area (Å²) in [6, 6.07) is 17.2. The molecule has 6 nitrogen and oxygen atoms in total. The zero-order valence-electron chi connectivity index (χ0n) is 17.5. The molecule has 0 saturated carbocycles. The van der Waals surface area contributed by atoms with E-state index in [0.29, 0.717) is 0 Å². The first-order valence-electron chi connectivity index (χ1n) is 10.1. The Morgan fingerprint density at radius 2 is 1.81 bits per heavy atom. The van der Waals surface area contributed by atoms with E-state index in [1.807, 2.05) is 6.08 Å². The van der Waals surface area contributed by atoms with Crippen LogP contribution in [0.25, 0.3) is 0 Å². The van der Waals surface area contributed by atoms with Gasteiger partial charge in [0.05, 0.1) is 13.3 Å². The predicted molar refractivity (Wildman–Crippen MR) is 118 cm³/mol. The number of aliphatic hydroxyl groups is 1. The number of benzene rings is 2. The van der Waals surface area contributed by atoms with E-state index in [1.54, 1.807) is 6.21 Å². The Kier molecular flexibility index (Phi) is 6.97. The number of carbonyl (C=O) groups is 1. The summed E-state index contributed by atoms with van der Waals surface area (Å²) in [5, 5.41) is 17.4. The number of fused-ring (bicyclic) bond motifs is 3. The second kappa shape index (κ2) is 9.49. The van der Waals surface area contributed by atoms with Gasteiger partial charge in [0.1, 0.15) is 6.42 Å². The number of hydrogen-bond acceptors (Lipinski definition) is 5. The average molecular weight is 462 g/mol. The van der Waals surface area contributed by atoms with Crippen molar-refractivity contribution in [2.45, 2.75) is 31.6 Å². The zero-order chi connectivity index (χ0) is 21.1. The second-order valence-electron chi connectivity index (χ2n) is 7.55. The zero-order valence-corrected chi connectivity index (χ0v) is 18.6. The van der Waals surface area contributed by atoms with Gasteiger partial charge in [0.15, 0.2) is 0 Å². The molecule has 1 spiro atoms. The first kappa shape index (κ1) is 22.8. The van der Waals surface area contributed by atoms with E-state index in [9.17, 15) is 9.90 Å². The van der Waals surface area contributed by atoms with Crippen LogP contribution in [0.5, 0.6) is 0 Å². The SMILES string of the molecule is CCN1\C(=C/C=N/N=C(\O)CC(=O)OC)C2(Cc3ccccc3C2)c2ccccc21.[Co]. The van der Waals surface area contributed by atoms with Gasteiger partial charge in [-0.25, -0.2) is 0 Å². The van der Waals surface area contributed by atoms with Crippen molar-refractivity contribution in [1.82, 2.24) is 0 Å². The Hall–Kier alpha value is -2.90. The molecule has 0 amide bonds. The molecule has 0 saturated heterocycles. The third-order valence-electron chi connectivity index (χ3n) is 5.91. The fourth-order valence-corrected chi connectivity index (χ4v) is 4.66. The van der Waals surface area contributed by atoms with E-state index >= 15 is 0 Å². The Labute approximate surface area is 192 Å². The summed E-state index contributed by atoms with van der Waals surface area (Å²) in [5.74, 6) is -0.933. The van der Waals surface area contributed by atoms with Gasteiger partial charge < -0.3 is 14.7 Å².